The third-order valence-corrected chi connectivity index (χ3v) is 6.11. The summed E-state index contributed by atoms with van der Waals surface area (Å²) in [5.41, 5.74) is 7.73. The molecule has 2 heterocycles. The van der Waals surface area contributed by atoms with Crippen molar-refractivity contribution in [2.24, 2.45) is 10.1 Å². The number of hydrogen-bond donors (Lipinski definition) is 2. The third-order valence-electron chi connectivity index (χ3n) is 4.77. The molecule has 1 unspecified atom stereocenters. The lowest BCUT2D eigenvalue weighted by Gasteiger charge is -2.30. The minimum atomic E-state index is -3.66. The van der Waals surface area contributed by atoms with Gasteiger partial charge in [-0.3, -0.25) is 4.79 Å². The third kappa shape index (κ3) is 3.45. The Morgan fingerprint density at radius 3 is 2.63 bits per heavy atom. The lowest BCUT2D eigenvalue weighted by molar-refractivity contribution is 0.0709. The van der Waals surface area contributed by atoms with E-state index in [9.17, 15) is 13.2 Å². The zero-order valence-corrected chi connectivity index (χ0v) is 15.4. The first kappa shape index (κ1) is 17.7. The van der Waals surface area contributed by atoms with Crippen molar-refractivity contribution >= 4 is 27.5 Å². The van der Waals surface area contributed by atoms with E-state index in [-0.39, 0.29) is 22.7 Å². The van der Waals surface area contributed by atoms with Gasteiger partial charge in [-0.2, -0.15) is 8.42 Å². The average molecular weight is 384 g/mol. The van der Waals surface area contributed by atoms with Gasteiger partial charge in [-0.05, 0) is 49.2 Å². The Kier molecular flexibility index (Phi) is 4.45. The van der Waals surface area contributed by atoms with Crippen molar-refractivity contribution in [2.75, 3.05) is 18.4 Å². The molecule has 7 nitrogen and oxygen atoms in total. The number of nitrogens with two attached hydrogens (primary N) is 1. The molecule has 1 atom stereocenters. The molecule has 1 amide bonds. The van der Waals surface area contributed by atoms with Crippen LogP contribution in [0.15, 0.2) is 57.8 Å². The molecule has 3 N–H and O–H groups in total. The highest BCUT2D eigenvalue weighted by molar-refractivity contribution is 7.90. The van der Waals surface area contributed by atoms with Crippen molar-refractivity contribution in [3.8, 4) is 0 Å². The van der Waals surface area contributed by atoms with Gasteiger partial charge in [0.2, 0.25) is 0 Å². The van der Waals surface area contributed by atoms with Crippen LogP contribution in [0.1, 0.15) is 28.8 Å². The number of amidine groups is 1. The quantitative estimate of drug-likeness (QED) is 0.822. The van der Waals surface area contributed by atoms with Crippen LogP contribution in [0.5, 0.6) is 0 Å². The first-order valence-electron chi connectivity index (χ1n) is 8.80. The SMILES string of the molecule is NC1CCCN(C(=O)c2ccc(NC3=NS(=O)(=O)c4ccccc43)cc2)C1. The fourth-order valence-electron chi connectivity index (χ4n) is 3.41. The van der Waals surface area contributed by atoms with Gasteiger partial charge in [0.05, 0.1) is 0 Å². The molecule has 1 fully saturated rings. The van der Waals surface area contributed by atoms with Crippen LogP contribution in [0.3, 0.4) is 0 Å². The zero-order chi connectivity index (χ0) is 19.0. The number of anilines is 1. The molecule has 0 aliphatic carbocycles. The molecule has 0 radical (unpaired) electrons. The van der Waals surface area contributed by atoms with E-state index in [1.165, 1.54) is 6.07 Å². The number of likely N-dealkylation sites (tertiary alicyclic amines) is 1. The smallest absolute Gasteiger partial charge is 0.285 e. The average Bonchev–Trinajstić information content (AvgIpc) is 2.92. The first-order valence-corrected chi connectivity index (χ1v) is 10.2. The second kappa shape index (κ2) is 6.79. The minimum absolute atomic E-state index is 0.0334. The van der Waals surface area contributed by atoms with Crippen LogP contribution >= 0.6 is 0 Å². The minimum Gasteiger partial charge on any atom is -0.339 e. The van der Waals surface area contributed by atoms with Crippen LogP contribution < -0.4 is 11.1 Å². The van der Waals surface area contributed by atoms with Crippen LogP contribution in [0.2, 0.25) is 0 Å². The number of carbonyl (C=O) groups excluding carboxylic acids is 1. The molecular formula is C19H20N4O3S. The summed E-state index contributed by atoms with van der Waals surface area (Å²) in [4.78, 5) is 14.6. The summed E-state index contributed by atoms with van der Waals surface area (Å²) in [6.07, 6.45) is 1.86. The van der Waals surface area contributed by atoms with E-state index in [0.29, 0.717) is 23.4 Å². The van der Waals surface area contributed by atoms with Crippen molar-refractivity contribution < 1.29 is 13.2 Å². The molecule has 2 aromatic carbocycles. The summed E-state index contributed by atoms with van der Waals surface area (Å²) >= 11 is 0. The van der Waals surface area contributed by atoms with Crippen molar-refractivity contribution in [2.45, 2.75) is 23.8 Å². The summed E-state index contributed by atoms with van der Waals surface area (Å²) in [5, 5.41) is 3.03. The monoisotopic (exact) mass is 384 g/mol. The van der Waals surface area contributed by atoms with E-state index in [2.05, 4.69) is 9.71 Å². The van der Waals surface area contributed by atoms with Crippen LogP contribution in [0, 0.1) is 0 Å². The molecule has 140 valence electrons. The van der Waals surface area contributed by atoms with Gasteiger partial charge in [0.15, 0.2) is 5.84 Å². The number of sulfonamides is 1. The number of nitrogens with zero attached hydrogens (tertiary/aromatic N) is 2. The number of fused-ring (bicyclic) bond motifs is 1. The maximum Gasteiger partial charge on any atom is 0.285 e. The van der Waals surface area contributed by atoms with Gasteiger partial charge >= 0.3 is 0 Å². The number of amides is 1. The van der Waals surface area contributed by atoms with Gasteiger partial charge in [-0.1, -0.05) is 12.1 Å². The van der Waals surface area contributed by atoms with Gasteiger partial charge in [0.25, 0.3) is 15.9 Å². The molecule has 1 saturated heterocycles. The van der Waals surface area contributed by atoms with Gasteiger partial charge < -0.3 is 16.0 Å². The Morgan fingerprint density at radius 1 is 1.15 bits per heavy atom. The number of benzene rings is 2. The molecular weight excluding hydrogens is 364 g/mol. The lowest BCUT2D eigenvalue weighted by Crippen LogP contribution is -2.45. The first-order chi connectivity index (χ1) is 12.9. The maximum atomic E-state index is 12.6. The molecule has 2 aliphatic rings. The van der Waals surface area contributed by atoms with E-state index in [0.717, 1.165) is 19.4 Å². The highest BCUT2D eigenvalue weighted by Gasteiger charge is 2.28. The van der Waals surface area contributed by atoms with Crippen LogP contribution in [0.25, 0.3) is 0 Å². The number of rotatable bonds is 2. The van der Waals surface area contributed by atoms with Crippen molar-refractivity contribution in [1.29, 1.82) is 0 Å². The summed E-state index contributed by atoms with van der Waals surface area (Å²) in [6.45, 7) is 1.29. The molecule has 4 rings (SSSR count). The second-order valence-corrected chi connectivity index (χ2v) is 8.34. The topological polar surface area (TPSA) is 105 Å². The van der Waals surface area contributed by atoms with Crippen LogP contribution in [-0.4, -0.2) is 44.2 Å². The van der Waals surface area contributed by atoms with E-state index < -0.39 is 10.0 Å². The second-order valence-electron chi connectivity index (χ2n) is 6.77. The van der Waals surface area contributed by atoms with E-state index in [1.807, 2.05) is 0 Å². The van der Waals surface area contributed by atoms with Crippen molar-refractivity contribution in [3.05, 3.63) is 59.7 Å². The lowest BCUT2D eigenvalue weighted by atomic mass is 10.1. The predicted molar refractivity (Wildman–Crippen MR) is 103 cm³/mol. The van der Waals surface area contributed by atoms with Crippen LogP contribution in [-0.2, 0) is 10.0 Å². The fraction of sp³-hybridized carbons (Fsp3) is 0.263. The molecule has 0 aromatic heterocycles. The molecule has 2 aliphatic heterocycles. The van der Waals surface area contributed by atoms with Gasteiger partial charge in [0.1, 0.15) is 4.90 Å². The van der Waals surface area contributed by atoms with Gasteiger partial charge in [-0.25, -0.2) is 0 Å². The summed E-state index contributed by atoms with van der Waals surface area (Å²) in [6, 6.07) is 13.6. The van der Waals surface area contributed by atoms with Crippen LogP contribution in [0.4, 0.5) is 5.69 Å². The molecule has 0 saturated carbocycles. The highest BCUT2D eigenvalue weighted by Crippen LogP contribution is 2.26. The maximum absolute atomic E-state index is 12.6. The molecule has 0 spiro atoms. The Bertz CT molecular complexity index is 1020. The van der Waals surface area contributed by atoms with E-state index in [4.69, 9.17) is 5.73 Å². The Hall–Kier alpha value is -2.71. The van der Waals surface area contributed by atoms with Crippen molar-refractivity contribution in [3.63, 3.8) is 0 Å². The Labute approximate surface area is 157 Å². The van der Waals surface area contributed by atoms with Gasteiger partial charge in [-0.15, -0.1) is 4.40 Å². The predicted octanol–water partition coefficient (Wildman–Crippen LogP) is 1.81. The Morgan fingerprint density at radius 2 is 1.89 bits per heavy atom. The number of hydrogen-bond acceptors (Lipinski definition) is 5. The number of nitrogens with one attached hydrogen (secondary N) is 1. The standard InChI is InChI=1S/C19H20N4O3S/c20-14-4-3-11-23(12-14)19(24)13-7-9-15(10-8-13)21-18-16-5-1-2-6-17(16)27(25,26)22-18/h1-2,5-10,14H,3-4,11-12,20H2,(H,21,22). The van der Waals surface area contributed by atoms with E-state index in [1.54, 1.807) is 47.4 Å². The van der Waals surface area contributed by atoms with E-state index >= 15 is 0 Å². The Balaban J connectivity index is 1.51. The summed E-state index contributed by atoms with van der Waals surface area (Å²) < 4.78 is 28.0. The zero-order valence-electron chi connectivity index (χ0n) is 14.6. The molecule has 27 heavy (non-hydrogen) atoms. The molecule has 0 bridgehead atoms. The largest absolute Gasteiger partial charge is 0.339 e. The summed E-state index contributed by atoms with van der Waals surface area (Å²) in [5.74, 6) is 0.245. The molecule has 2 aromatic rings. The van der Waals surface area contributed by atoms with Crippen molar-refractivity contribution in [1.82, 2.24) is 4.90 Å². The number of carbonyl (C=O) groups is 1. The fourth-order valence-corrected chi connectivity index (χ4v) is 4.58. The van der Waals surface area contributed by atoms with Gasteiger partial charge in [0, 0.05) is 35.9 Å². The summed E-state index contributed by atoms with van der Waals surface area (Å²) in [7, 11) is -3.66. The molecule has 8 heteroatoms. The highest BCUT2D eigenvalue weighted by atomic mass is 32.2. The number of piperidine rings is 1. The normalized spacial score (nSPS) is 20.7.